The molecule has 0 amide bonds. The van der Waals surface area contributed by atoms with Gasteiger partial charge in [0.2, 0.25) is 0 Å². The first kappa shape index (κ1) is 28.1. The predicted octanol–water partition coefficient (Wildman–Crippen LogP) is 4.36. The third kappa shape index (κ3) is 4.99. The number of aryl methyl sites for hydroxylation is 1. The number of fused-ring (bicyclic) bond motifs is 1. The number of nitrogens with zero attached hydrogens (tertiary/aromatic N) is 3. The van der Waals surface area contributed by atoms with Gasteiger partial charge in [0, 0.05) is 28.7 Å². The molecule has 0 bridgehead atoms. The predicted molar refractivity (Wildman–Crippen MR) is 155 cm³/mol. The molecule has 8 nitrogen and oxygen atoms in total. The standard InChI is InChI=1S/C31H30FN3O5S/c1-7-40-30(37)27-18(3)33-31-35(28(27)24-13-12-23(38-5)16-25(24)39-6)29(36)26(41-31)15-20-14-17(2)34(19(20)4)22-10-8-21(32)9-11-22/h8-16,28H,7H2,1-6H3/b26-15-/t28-/m0/s1. The van der Waals surface area contributed by atoms with Crippen LogP contribution in [0.5, 0.6) is 11.5 Å². The molecule has 10 heteroatoms. The van der Waals surface area contributed by atoms with Crippen LogP contribution >= 0.6 is 11.3 Å². The van der Waals surface area contributed by atoms with E-state index in [1.807, 2.05) is 30.6 Å². The van der Waals surface area contributed by atoms with Gasteiger partial charge in [0.05, 0.1) is 36.6 Å². The molecule has 1 atom stereocenters. The number of halogens is 1. The summed E-state index contributed by atoms with van der Waals surface area (Å²) in [4.78, 5) is 32.4. The van der Waals surface area contributed by atoms with E-state index in [4.69, 9.17) is 14.2 Å². The molecule has 0 saturated heterocycles. The van der Waals surface area contributed by atoms with Gasteiger partial charge in [0.15, 0.2) is 4.80 Å². The Balaban J connectivity index is 1.72. The molecule has 4 aromatic rings. The van der Waals surface area contributed by atoms with Crippen LogP contribution < -0.4 is 24.4 Å². The summed E-state index contributed by atoms with van der Waals surface area (Å²) >= 11 is 1.25. The molecule has 5 rings (SSSR count). The molecule has 0 aliphatic carbocycles. The Labute approximate surface area is 240 Å². The van der Waals surface area contributed by atoms with E-state index in [1.165, 1.54) is 35.1 Å². The number of methoxy groups -OCH3 is 2. The monoisotopic (exact) mass is 575 g/mol. The van der Waals surface area contributed by atoms with Crippen LogP contribution in [0.1, 0.15) is 42.4 Å². The summed E-state index contributed by atoms with van der Waals surface area (Å²) in [5.74, 6) is 0.183. The van der Waals surface area contributed by atoms with Crippen molar-refractivity contribution < 1.29 is 23.4 Å². The maximum absolute atomic E-state index is 14.1. The first-order valence-corrected chi connectivity index (χ1v) is 13.9. The molecule has 0 unspecified atom stereocenters. The Bertz CT molecular complexity index is 1860. The summed E-state index contributed by atoms with van der Waals surface area (Å²) in [7, 11) is 3.08. The smallest absolute Gasteiger partial charge is 0.338 e. The van der Waals surface area contributed by atoms with Crippen LogP contribution in [0.4, 0.5) is 4.39 Å². The number of hydrogen-bond acceptors (Lipinski definition) is 7. The molecule has 0 N–H and O–H groups in total. The Hall–Kier alpha value is -4.44. The van der Waals surface area contributed by atoms with Gasteiger partial charge < -0.3 is 18.8 Å². The highest BCUT2D eigenvalue weighted by Gasteiger charge is 2.35. The van der Waals surface area contributed by atoms with Gasteiger partial charge in [-0.05, 0) is 81.8 Å². The van der Waals surface area contributed by atoms with Gasteiger partial charge in [0.1, 0.15) is 23.4 Å². The number of hydrogen-bond donors (Lipinski definition) is 0. The summed E-state index contributed by atoms with van der Waals surface area (Å²) < 4.78 is 34.0. The zero-order valence-electron chi connectivity index (χ0n) is 23.6. The van der Waals surface area contributed by atoms with Crippen LogP contribution in [-0.2, 0) is 9.53 Å². The van der Waals surface area contributed by atoms with Crippen molar-refractivity contribution in [3.8, 4) is 17.2 Å². The molecular weight excluding hydrogens is 545 g/mol. The molecule has 2 aromatic heterocycles. The quantitative estimate of drug-likeness (QED) is 0.306. The van der Waals surface area contributed by atoms with Crippen molar-refractivity contribution in [3.05, 3.63) is 108 Å². The van der Waals surface area contributed by atoms with Gasteiger partial charge in [-0.1, -0.05) is 11.3 Å². The van der Waals surface area contributed by atoms with Gasteiger partial charge in [0.25, 0.3) is 5.56 Å². The number of allylic oxidation sites excluding steroid dienone is 1. The van der Waals surface area contributed by atoms with Crippen LogP contribution in [0.15, 0.2) is 69.6 Å². The average molecular weight is 576 g/mol. The highest BCUT2D eigenvalue weighted by Crippen LogP contribution is 2.37. The van der Waals surface area contributed by atoms with E-state index in [2.05, 4.69) is 4.99 Å². The lowest BCUT2D eigenvalue weighted by Crippen LogP contribution is -2.40. The summed E-state index contributed by atoms with van der Waals surface area (Å²) in [5.41, 5.74) is 4.55. The van der Waals surface area contributed by atoms with E-state index in [0.717, 1.165) is 22.6 Å². The van der Waals surface area contributed by atoms with Crippen molar-refractivity contribution in [1.29, 1.82) is 0 Å². The lowest BCUT2D eigenvalue weighted by Gasteiger charge is -2.26. The van der Waals surface area contributed by atoms with Crippen molar-refractivity contribution in [2.75, 3.05) is 20.8 Å². The Morgan fingerprint density at radius 1 is 1.07 bits per heavy atom. The van der Waals surface area contributed by atoms with Gasteiger partial charge in [-0.25, -0.2) is 14.2 Å². The molecule has 212 valence electrons. The molecule has 3 heterocycles. The fourth-order valence-electron chi connectivity index (χ4n) is 5.19. The number of aromatic nitrogens is 2. The number of benzene rings is 2. The molecule has 0 saturated carbocycles. The SMILES string of the molecule is CCOC(=O)C1=C(C)N=c2s/c(=C\c3cc(C)n(-c4ccc(F)cc4)c3C)c(=O)n2[C@H]1c1ccc(OC)cc1OC. The number of carbonyl (C=O) groups excluding carboxylic acids is 1. The Morgan fingerprint density at radius 3 is 2.46 bits per heavy atom. The number of ether oxygens (including phenoxy) is 3. The second-order valence-electron chi connectivity index (χ2n) is 9.55. The minimum atomic E-state index is -0.819. The second-order valence-corrected chi connectivity index (χ2v) is 10.6. The molecule has 41 heavy (non-hydrogen) atoms. The zero-order valence-corrected chi connectivity index (χ0v) is 24.5. The minimum Gasteiger partial charge on any atom is -0.497 e. The largest absolute Gasteiger partial charge is 0.497 e. The van der Waals surface area contributed by atoms with Crippen LogP contribution in [0.3, 0.4) is 0 Å². The maximum Gasteiger partial charge on any atom is 0.338 e. The van der Waals surface area contributed by atoms with Crippen molar-refractivity contribution in [1.82, 2.24) is 9.13 Å². The number of esters is 1. The second kappa shape index (κ2) is 11.2. The fourth-order valence-corrected chi connectivity index (χ4v) is 6.23. The third-order valence-corrected chi connectivity index (χ3v) is 8.08. The van der Waals surface area contributed by atoms with E-state index in [-0.39, 0.29) is 23.6 Å². The summed E-state index contributed by atoms with van der Waals surface area (Å²) in [6.07, 6.45) is 1.83. The van der Waals surface area contributed by atoms with Gasteiger partial charge >= 0.3 is 5.97 Å². The van der Waals surface area contributed by atoms with Crippen LogP contribution in [0.2, 0.25) is 0 Å². The average Bonchev–Trinajstić information content (AvgIpc) is 3.41. The topological polar surface area (TPSA) is 84.1 Å². The van der Waals surface area contributed by atoms with E-state index in [9.17, 15) is 14.0 Å². The molecule has 1 aliphatic rings. The highest BCUT2D eigenvalue weighted by molar-refractivity contribution is 7.07. The van der Waals surface area contributed by atoms with E-state index in [1.54, 1.807) is 51.3 Å². The molecular formula is C31H30FN3O5S. The number of carbonyl (C=O) groups is 1. The lowest BCUT2D eigenvalue weighted by molar-refractivity contribution is -0.139. The summed E-state index contributed by atoms with van der Waals surface area (Å²) in [5, 5.41) is 0. The third-order valence-electron chi connectivity index (χ3n) is 7.09. The van der Waals surface area contributed by atoms with Crippen molar-refractivity contribution in [2.45, 2.75) is 33.7 Å². The van der Waals surface area contributed by atoms with Crippen molar-refractivity contribution in [3.63, 3.8) is 0 Å². The molecule has 2 aromatic carbocycles. The summed E-state index contributed by atoms with van der Waals surface area (Å²) in [6, 6.07) is 12.7. The normalized spacial score (nSPS) is 15.0. The Kier molecular flexibility index (Phi) is 7.68. The van der Waals surface area contributed by atoms with E-state index in [0.29, 0.717) is 32.1 Å². The maximum atomic E-state index is 14.1. The van der Waals surface area contributed by atoms with E-state index >= 15 is 0 Å². The minimum absolute atomic E-state index is 0.177. The van der Waals surface area contributed by atoms with Crippen LogP contribution in [0, 0.1) is 19.7 Å². The first-order valence-electron chi connectivity index (χ1n) is 13.0. The molecule has 0 radical (unpaired) electrons. The first-order chi connectivity index (χ1) is 19.7. The van der Waals surface area contributed by atoms with Gasteiger partial charge in [-0.3, -0.25) is 9.36 Å². The van der Waals surface area contributed by atoms with Crippen LogP contribution in [0.25, 0.3) is 11.8 Å². The van der Waals surface area contributed by atoms with E-state index < -0.39 is 12.0 Å². The fraction of sp³-hybridized carbons (Fsp3) is 0.258. The van der Waals surface area contributed by atoms with Crippen molar-refractivity contribution >= 4 is 23.4 Å². The molecule has 0 fully saturated rings. The lowest BCUT2D eigenvalue weighted by atomic mass is 9.95. The molecule has 0 spiro atoms. The summed E-state index contributed by atoms with van der Waals surface area (Å²) in [6.45, 7) is 7.56. The number of thiazole rings is 1. The molecule has 1 aliphatic heterocycles. The highest BCUT2D eigenvalue weighted by atomic mass is 32.1. The van der Waals surface area contributed by atoms with Crippen molar-refractivity contribution in [2.24, 2.45) is 4.99 Å². The Morgan fingerprint density at radius 2 is 1.80 bits per heavy atom. The van der Waals surface area contributed by atoms with Gasteiger partial charge in [-0.2, -0.15) is 0 Å². The van der Waals surface area contributed by atoms with Crippen LogP contribution in [-0.4, -0.2) is 35.9 Å². The van der Waals surface area contributed by atoms with Gasteiger partial charge in [-0.15, -0.1) is 0 Å². The number of rotatable bonds is 7. The zero-order chi connectivity index (χ0) is 29.4.